The summed E-state index contributed by atoms with van der Waals surface area (Å²) < 4.78 is 2.36. The number of para-hydroxylation sites is 1. The van der Waals surface area contributed by atoms with Gasteiger partial charge in [-0.05, 0) is 100 Å². The Morgan fingerprint density at radius 1 is 0.921 bits per heavy atom. The lowest BCUT2D eigenvalue weighted by Crippen LogP contribution is -2.26. The Labute approximate surface area is 226 Å². The number of hydrogen-bond donors (Lipinski definition) is 3. The molecule has 7 heteroatoms. The van der Waals surface area contributed by atoms with Crippen LogP contribution < -0.4 is 20.9 Å². The summed E-state index contributed by atoms with van der Waals surface area (Å²) in [6.07, 6.45) is 9.75. The first-order valence-electron chi connectivity index (χ1n) is 14.0. The van der Waals surface area contributed by atoms with Crippen LogP contribution in [0.2, 0.25) is 0 Å². The summed E-state index contributed by atoms with van der Waals surface area (Å²) >= 11 is 0. The molecule has 200 valence electrons. The van der Waals surface area contributed by atoms with E-state index < -0.39 is 0 Å². The molecule has 3 N–H and O–H groups in total. The number of anilines is 3. The van der Waals surface area contributed by atoms with Gasteiger partial charge in [-0.2, -0.15) is 0 Å². The molecule has 2 aromatic carbocycles. The summed E-state index contributed by atoms with van der Waals surface area (Å²) in [5.41, 5.74) is 4.85. The third-order valence-electron chi connectivity index (χ3n) is 7.82. The van der Waals surface area contributed by atoms with E-state index in [-0.39, 0.29) is 0 Å². The zero-order chi connectivity index (χ0) is 26.2. The molecule has 0 radical (unpaired) electrons. The number of nitrogens with zero attached hydrogens (tertiary/aromatic N) is 4. The van der Waals surface area contributed by atoms with Gasteiger partial charge in [-0.3, -0.25) is 0 Å². The minimum absolute atomic E-state index is 0.534. The number of rotatable bonds is 13. The summed E-state index contributed by atoms with van der Waals surface area (Å²) in [4.78, 5) is 11.1. The van der Waals surface area contributed by atoms with Crippen molar-refractivity contribution in [2.45, 2.75) is 38.1 Å². The highest BCUT2D eigenvalue weighted by Crippen LogP contribution is 2.36. The molecule has 0 saturated heterocycles. The molecule has 38 heavy (non-hydrogen) atoms. The van der Waals surface area contributed by atoms with Crippen molar-refractivity contribution in [2.75, 3.05) is 50.5 Å². The SMILES string of the molecule is CNc1ncnc2c1ccn2C1CCC(CNCCCNCCc2cccc(N(C)c3ccccc3)c2)C1. The quantitative estimate of drug-likeness (QED) is 0.209. The zero-order valence-corrected chi connectivity index (χ0v) is 22.7. The normalized spacial score (nSPS) is 17.2. The summed E-state index contributed by atoms with van der Waals surface area (Å²) in [6.45, 7) is 4.23. The number of aromatic nitrogens is 3. The van der Waals surface area contributed by atoms with E-state index in [2.05, 4.69) is 109 Å². The van der Waals surface area contributed by atoms with Gasteiger partial charge in [0.15, 0.2) is 0 Å². The molecule has 7 nitrogen and oxygen atoms in total. The average Bonchev–Trinajstić information content (AvgIpc) is 3.61. The van der Waals surface area contributed by atoms with Gasteiger partial charge >= 0.3 is 0 Å². The van der Waals surface area contributed by atoms with Gasteiger partial charge in [-0.25, -0.2) is 9.97 Å². The topological polar surface area (TPSA) is 70.0 Å². The van der Waals surface area contributed by atoms with Crippen LogP contribution in [0.5, 0.6) is 0 Å². The van der Waals surface area contributed by atoms with Crippen LogP contribution in [0.25, 0.3) is 11.0 Å². The first kappa shape index (κ1) is 26.2. The van der Waals surface area contributed by atoms with Crippen molar-refractivity contribution in [3.8, 4) is 0 Å². The van der Waals surface area contributed by atoms with Crippen molar-refractivity contribution in [1.29, 1.82) is 0 Å². The van der Waals surface area contributed by atoms with E-state index in [0.717, 1.165) is 61.8 Å². The Bertz CT molecular complexity index is 1290. The Morgan fingerprint density at radius 3 is 2.63 bits per heavy atom. The maximum atomic E-state index is 4.56. The van der Waals surface area contributed by atoms with Crippen molar-refractivity contribution >= 4 is 28.2 Å². The van der Waals surface area contributed by atoms with Crippen LogP contribution in [-0.2, 0) is 6.42 Å². The van der Waals surface area contributed by atoms with Gasteiger partial charge < -0.3 is 25.4 Å². The average molecular weight is 512 g/mol. The van der Waals surface area contributed by atoms with Crippen LogP contribution in [0.15, 0.2) is 73.2 Å². The molecule has 1 fully saturated rings. The van der Waals surface area contributed by atoms with Crippen LogP contribution in [0.4, 0.5) is 17.2 Å². The van der Waals surface area contributed by atoms with E-state index in [9.17, 15) is 0 Å². The predicted octanol–water partition coefficient (Wildman–Crippen LogP) is 5.39. The largest absolute Gasteiger partial charge is 0.372 e. The number of nitrogens with one attached hydrogen (secondary N) is 3. The van der Waals surface area contributed by atoms with E-state index in [1.165, 1.54) is 36.2 Å². The van der Waals surface area contributed by atoms with Gasteiger partial charge in [0.2, 0.25) is 0 Å². The maximum Gasteiger partial charge on any atom is 0.145 e. The fraction of sp³-hybridized carbons (Fsp3) is 0.419. The van der Waals surface area contributed by atoms with Gasteiger partial charge in [0, 0.05) is 37.7 Å². The zero-order valence-electron chi connectivity index (χ0n) is 22.7. The van der Waals surface area contributed by atoms with Crippen LogP contribution in [0.3, 0.4) is 0 Å². The van der Waals surface area contributed by atoms with Crippen LogP contribution in [-0.4, -0.2) is 54.8 Å². The molecular formula is C31H41N7. The summed E-state index contributed by atoms with van der Waals surface area (Å²) in [5.74, 6) is 1.64. The van der Waals surface area contributed by atoms with Gasteiger partial charge in [0.05, 0.1) is 5.39 Å². The van der Waals surface area contributed by atoms with E-state index in [1.54, 1.807) is 6.33 Å². The molecular weight excluding hydrogens is 470 g/mol. The Morgan fingerprint density at radius 2 is 1.76 bits per heavy atom. The van der Waals surface area contributed by atoms with Crippen molar-refractivity contribution in [1.82, 2.24) is 25.2 Å². The lowest BCUT2D eigenvalue weighted by Gasteiger charge is -2.20. The minimum Gasteiger partial charge on any atom is -0.372 e. The van der Waals surface area contributed by atoms with E-state index in [4.69, 9.17) is 0 Å². The fourth-order valence-corrected chi connectivity index (χ4v) is 5.67. The molecule has 5 rings (SSSR count). The second-order valence-corrected chi connectivity index (χ2v) is 10.4. The van der Waals surface area contributed by atoms with E-state index in [1.807, 2.05) is 7.05 Å². The molecule has 1 saturated carbocycles. The van der Waals surface area contributed by atoms with Crippen molar-refractivity contribution < 1.29 is 0 Å². The summed E-state index contributed by atoms with van der Waals surface area (Å²) in [6, 6.07) is 22.0. The number of hydrogen-bond acceptors (Lipinski definition) is 6. The Kier molecular flexibility index (Phi) is 8.89. The first-order valence-corrected chi connectivity index (χ1v) is 14.0. The van der Waals surface area contributed by atoms with E-state index >= 15 is 0 Å². The molecule has 1 aliphatic rings. The molecule has 2 atom stereocenters. The van der Waals surface area contributed by atoms with Crippen LogP contribution in [0, 0.1) is 5.92 Å². The Balaban J connectivity index is 0.969. The molecule has 4 aromatic rings. The Hall–Kier alpha value is -3.42. The third kappa shape index (κ3) is 6.34. The smallest absolute Gasteiger partial charge is 0.145 e. The molecule has 0 amide bonds. The molecule has 0 spiro atoms. The van der Waals surface area contributed by atoms with Gasteiger partial charge in [0.1, 0.15) is 17.8 Å². The minimum atomic E-state index is 0.534. The number of benzene rings is 2. The van der Waals surface area contributed by atoms with Crippen molar-refractivity contribution in [2.24, 2.45) is 5.92 Å². The lowest BCUT2D eigenvalue weighted by atomic mass is 10.1. The molecule has 0 bridgehead atoms. The lowest BCUT2D eigenvalue weighted by molar-refractivity contribution is 0.452. The van der Waals surface area contributed by atoms with Crippen molar-refractivity contribution in [3.05, 3.63) is 78.8 Å². The predicted molar refractivity (Wildman–Crippen MR) is 158 cm³/mol. The van der Waals surface area contributed by atoms with Crippen LogP contribution in [0.1, 0.15) is 37.3 Å². The highest BCUT2D eigenvalue weighted by molar-refractivity contribution is 5.87. The molecule has 2 aromatic heterocycles. The molecule has 1 aliphatic carbocycles. The van der Waals surface area contributed by atoms with Crippen LogP contribution >= 0.6 is 0 Å². The standard InChI is InChI=1S/C31H41N7/c1-32-30-29-15-19-38(31(29)36-23-35-30)28-13-12-25(21-28)22-34-17-7-16-33-18-14-24-8-6-11-27(20-24)37(2)26-9-4-3-5-10-26/h3-6,8-11,15,19-20,23,25,28,33-34H,7,12-14,16-18,21-22H2,1-2H3,(H,32,35,36). The second kappa shape index (κ2) is 12.9. The van der Waals surface area contributed by atoms with E-state index in [0.29, 0.717) is 6.04 Å². The summed E-state index contributed by atoms with van der Waals surface area (Å²) in [7, 11) is 4.04. The molecule has 2 unspecified atom stereocenters. The number of fused-ring (bicyclic) bond motifs is 1. The maximum absolute atomic E-state index is 4.56. The highest BCUT2D eigenvalue weighted by Gasteiger charge is 2.26. The highest BCUT2D eigenvalue weighted by atomic mass is 15.1. The summed E-state index contributed by atoms with van der Waals surface area (Å²) in [5, 5.41) is 11.6. The molecule has 2 heterocycles. The van der Waals surface area contributed by atoms with Gasteiger partial charge in [-0.15, -0.1) is 0 Å². The molecule has 0 aliphatic heterocycles. The third-order valence-corrected chi connectivity index (χ3v) is 7.82. The monoisotopic (exact) mass is 511 g/mol. The van der Waals surface area contributed by atoms with Crippen molar-refractivity contribution in [3.63, 3.8) is 0 Å². The first-order chi connectivity index (χ1) is 18.7. The van der Waals surface area contributed by atoms with Gasteiger partial charge in [-0.1, -0.05) is 30.3 Å². The second-order valence-electron chi connectivity index (χ2n) is 10.4. The fourth-order valence-electron chi connectivity index (χ4n) is 5.67. The van der Waals surface area contributed by atoms with Gasteiger partial charge in [0.25, 0.3) is 0 Å².